The molecule has 1 aromatic heterocycles. The van der Waals surface area contributed by atoms with E-state index in [2.05, 4.69) is 9.89 Å². The summed E-state index contributed by atoms with van der Waals surface area (Å²) in [5.41, 5.74) is 0. The van der Waals surface area contributed by atoms with E-state index in [0.717, 1.165) is 24.0 Å². The molecule has 0 N–H and O–H groups in total. The second-order valence-electron chi connectivity index (χ2n) is 5.42. The fraction of sp³-hybridized carbons (Fsp3) is 0.467. The largest absolute Gasteiger partial charge is 0.462 e. The van der Waals surface area contributed by atoms with Crippen LogP contribution in [0, 0.1) is 6.92 Å². The molecule has 5 nitrogen and oxygen atoms in total. The maximum absolute atomic E-state index is 12.0. The van der Waals surface area contributed by atoms with Crippen molar-refractivity contribution in [3.05, 3.63) is 28.6 Å². The molecule has 1 fully saturated rings. The molecule has 2 atom stereocenters. The van der Waals surface area contributed by atoms with Crippen molar-refractivity contribution in [2.45, 2.75) is 33.0 Å². The number of carbonyl (C=O) groups is 1. The fourth-order valence-electron chi connectivity index (χ4n) is 2.53. The molecule has 3 rings (SSSR count). The number of carbonyl (C=O) groups excluding carboxylic acids is 1. The van der Waals surface area contributed by atoms with Crippen LogP contribution in [0.15, 0.2) is 26.4 Å². The van der Waals surface area contributed by atoms with Gasteiger partial charge >= 0.3 is 0 Å². The number of rotatable bonds is 1. The molecule has 0 radical (unpaired) electrons. The lowest BCUT2D eigenvalue weighted by molar-refractivity contribution is -0.113. The van der Waals surface area contributed by atoms with E-state index >= 15 is 0 Å². The third-order valence-corrected chi connectivity index (χ3v) is 4.38. The number of ether oxygens (including phenoxy) is 1. The zero-order valence-corrected chi connectivity index (χ0v) is 13.1. The Labute approximate surface area is 128 Å². The maximum atomic E-state index is 12.0. The Morgan fingerprint density at radius 3 is 2.67 bits per heavy atom. The van der Waals surface area contributed by atoms with Gasteiger partial charge in [0.1, 0.15) is 11.5 Å². The van der Waals surface area contributed by atoms with E-state index in [9.17, 15) is 4.79 Å². The van der Waals surface area contributed by atoms with E-state index < -0.39 is 0 Å². The normalized spacial score (nSPS) is 28.3. The van der Waals surface area contributed by atoms with Gasteiger partial charge in [0.2, 0.25) is 0 Å². The number of hydrogen-bond acceptors (Lipinski definition) is 5. The zero-order chi connectivity index (χ0) is 15.0. The van der Waals surface area contributed by atoms with E-state index in [1.807, 2.05) is 32.9 Å². The van der Waals surface area contributed by atoms with Gasteiger partial charge in [-0.25, -0.2) is 0 Å². The molecule has 0 spiro atoms. The summed E-state index contributed by atoms with van der Waals surface area (Å²) in [6.45, 7) is 7.47. The first-order valence-corrected chi connectivity index (χ1v) is 7.82. The van der Waals surface area contributed by atoms with Crippen LogP contribution in [0.4, 0.5) is 0 Å². The SMILES string of the molecule is Cc1ccc(/C=C2/SC(N3C[C@@H](C)O[C@H](C)C3)=NC2=O)o1. The molecule has 0 bridgehead atoms. The minimum absolute atomic E-state index is 0.146. The molecule has 6 heteroatoms. The Kier molecular flexibility index (Phi) is 3.91. The van der Waals surface area contributed by atoms with Crippen molar-refractivity contribution in [3.63, 3.8) is 0 Å². The van der Waals surface area contributed by atoms with Crippen molar-refractivity contribution in [3.8, 4) is 0 Å². The molecular weight excluding hydrogens is 288 g/mol. The molecule has 0 unspecified atom stereocenters. The fourth-order valence-corrected chi connectivity index (χ4v) is 3.44. The number of thioether (sulfide) groups is 1. The van der Waals surface area contributed by atoms with Crippen molar-refractivity contribution in [1.29, 1.82) is 0 Å². The van der Waals surface area contributed by atoms with E-state index in [1.165, 1.54) is 11.8 Å². The number of hydrogen-bond donors (Lipinski definition) is 0. The number of amides is 1. The number of morpholine rings is 1. The summed E-state index contributed by atoms with van der Waals surface area (Å²) in [5.74, 6) is 1.31. The molecule has 0 aliphatic carbocycles. The number of aliphatic imine (C=N–C) groups is 1. The van der Waals surface area contributed by atoms with Gasteiger partial charge in [-0.05, 0) is 44.7 Å². The molecule has 0 saturated carbocycles. The molecular formula is C15H18N2O3S. The topological polar surface area (TPSA) is 55.0 Å². The molecule has 1 aromatic rings. The summed E-state index contributed by atoms with van der Waals surface area (Å²) in [4.78, 5) is 18.9. The first-order valence-electron chi connectivity index (χ1n) is 7.00. The lowest BCUT2D eigenvalue weighted by Crippen LogP contribution is -2.47. The first-order chi connectivity index (χ1) is 10.0. The summed E-state index contributed by atoms with van der Waals surface area (Å²) >= 11 is 1.41. The monoisotopic (exact) mass is 306 g/mol. The van der Waals surface area contributed by atoms with Gasteiger partial charge in [0.15, 0.2) is 5.17 Å². The second kappa shape index (κ2) is 5.69. The van der Waals surface area contributed by atoms with Crippen LogP contribution < -0.4 is 0 Å². The summed E-state index contributed by atoms with van der Waals surface area (Å²) < 4.78 is 11.2. The summed E-state index contributed by atoms with van der Waals surface area (Å²) in [6, 6.07) is 3.73. The van der Waals surface area contributed by atoms with Crippen LogP contribution in [0.25, 0.3) is 6.08 Å². The van der Waals surface area contributed by atoms with Crippen LogP contribution in [0.1, 0.15) is 25.4 Å². The number of aryl methyl sites for hydroxylation is 1. The predicted molar refractivity (Wildman–Crippen MR) is 83.0 cm³/mol. The third kappa shape index (κ3) is 3.22. The van der Waals surface area contributed by atoms with Crippen molar-refractivity contribution in [1.82, 2.24) is 4.90 Å². The van der Waals surface area contributed by atoms with Crippen molar-refractivity contribution in [2.24, 2.45) is 4.99 Å². The minimum atomic E-state index is -0.198. The Bertz CT molecular complexity index is 610. The first kappa shape index (κ1) is 14.4. The van der Waals surface area contributed by atoms with Gasteiger partial charge in [0.25, 0.3) is 5.91 Å². The van der Waals surface area contributed by atoms with Crippen LogP contribution >= 0.6 is 11.8 Å². The van der Waals surface area contributed by atoms with Crippen LogP contribution in [-0.2, 0) is 9.53 Å². The van der Waals surface area contributed by atoms with Gasteiger partial charge in [-0.1, -0.05) is 0 Å². The van der Waals surface area contributed by atoms with Gasteiger partial charge in [0.05, 0.1) is 17.1 Å². The van der Waals surface area contributed by atoms with Crippen molar-refractivity contribution < 1.29 is 13.9 Å². The van der Waals surface area contributed by atoms with Crippen LogP contribution in [0.5, 0.6) is 0 Å². The van der Waals surface area contributed by atoms with Gasteiger partial charge < -0.3 is 14.1 Å². The highest BCUT2D eigenvalue weighted by Gasteiger charge is 2.31. The van der Waals surface area contributed by atoms with E-state index in [1.54, 1.807) is 6.08 Å². The summed E-state index contributed by atoms with van der Waals surface area (Å²) in [7, 11) is 0. The maximum Gasteiger partial charge on any atom is 0.286 e. The Morgan fingerprint density at radius 2 is 2.05 bits per heavy atom. The highest BCUT2D eigenvalue weighted by atomic mass is 32.2. The highest BCUT2D eigenvalue weighted by Crippen LogP contribution is 2.31. The zero-order valence-electron chi connectivity index (χ0n) is 12.3. The molecule has 21 heavy (non-hydrogen) atoms. The molecule has 2 aliphatic heterocycles. The predicted octanol–water partition coefficient (Wildman–Crippen LogP) is 2.67. The van der Waals surface area contributed by atoms with Gasteiger partial charge in [0, 0.05) is 19.2 Å². The van der Waals surface area contributed by atoms with E-state index in [0.29, 0.717) is 10.7 Å². The van der Waals surface area contributed by atoms with Crippen LogP contribution in [0.2, 0.25) is 0 Å². The number of nitrogens with zero attached hydrogens (tertiary/aromatic N) is 2. The Hall–Kier alpha value is -1.53. The average molecular weight is 306 g/mol. The minimum Gasteiger partial charge on any atom is -0.462 e. The quantitative estimate of drug-likeness (QED) is 0.747. The van der Waals surface area contributed by atoms with Crippen LogP contribution in [0.3, 0.4) is 0 Å². The summed E-state index contributed by atoms with van der Waals surface area (Å²) in [6.07, 6.45) is 2.05. The smallest absolute Gasteiger partial charge is 0.286 e. The van der Waals surface area contributed by atoms with Gasteiger partial charge in [-0.3, -0.25) is 4.79 Å². The van der Waals surface area contributed by atoms with E-state index in [4.69, 9.17) is 9.15 Å². The lowest BCUT2D eigenvalue weighted by atomic mass is 10.2. The molecule has 1 amide bonds. The van der Waals surface area contributed by atoms with Crippen molar-refractivity contribution >= 4 is 28.9 Å². The highest BCUT2D eigenvalue weighted by molar-refractivity contribution is 8.18. The van der Waals surface area contributed by atoms with Gasteiger partial charge in [-0.15, -0.1) is 0 Å². The number of furan rings is 1. The Morgan fingerprint density at radius 1 is 1.33 bits per heavy atom. The molecule has 1 saturated heterocycles. The second-order valence-corrected chi connectivity index (χ2v) is 6.43. The third-order valence-electron chi connectivity index (χ3n) is 3.33. The molecule has 3 heterocycles. The number of amidine groups is 1. The molecule has 0 aromatic carbocycles. The van der Waals surface area contributed by atoms with Gasteiger partial charge in [-0.2, -0.15) is 4.99 Å². The van der Waals surface area contributed by atoms with Crippen molar-refractivity contribution in [2.75, 3.05) is 13.1 Å². The Balaban J connectivity index is 1.74. The average Bonchev–Trinajstić information content (AvgIpc) is 2.96. The lowest BCUT2D eigenvalue weighted by Gasteiger charge is -2.35. The molecule has 2 aliphatic rings. The summed E-state index contributed by atoms with van der Waals surface area (Å²) in [5, 5.41) is 0.761. The van der Waals surface area contributed by atoms with E-state index in [-0.39, 0.29) is 18.1 Å². The molecule has 112 valence electrons. The standard InChI is InChI=1S/C15H18N2O3S/c1-9-4-5-12(20-9)6-13-14(18)16-15(21-13)17-7-10(2)19-11(3)8-17/h4-6,10-11H,7-8H2,1-3H3/b13-6+/t10-,11-/m1/s1. The van der Waals surface area contributed by atoms with Crippen LogP contribution in [-0.4, -0.2) is 41.3 Å².